The lowest BCUT2D eigenvalue weighted by molar-refractivity contribution is 0.666. The van der Waals surface area contributed by atoms with Crippen molar-refractivity contribution in [1.82, 2.24) is 0 Å². The fourth-order valence-corrected chi connectivity index (χ4v) is 2.10. The van der Waals surface area contributed by atoms with Crippen LogP contribution < -0.4 is 10.6 Å². The molecule has 0 bridgehead atoms. The summed E-state index contributed by atoms with van der Waals surface area (Å²) >= 11 is 0. The molecule has 90 valence electrons. The Kier molecular flexibility index (Phi) is 4.81. The molecule has 0 saturated carbocycles. The molecule has 2 nitrogen and oxygen atoms in total. The highest BCUT2D eigenvalue weighted by molar-refractivity contribution is 5.55. The molecule has 0 aliphatic heterocycles. The van der Waals surface area contributed by atoms with Crippen LogP contribution in [-0.4, -0.2) is 12.6 Å². The third-order valence-corrected chi connectivity index (χ3v) is 3.05. The molecule has 0 amide bonds. The smallest absolute Gasteiger partial charge is 0.0416 e. The number of anilines is 1. The summed E-state index contributed by atoms with van der Waals surface area (Å²) in [5.74, 6) is 0. The summed E-state index contributed by atoms with van der Waals surface area (Å²) in [5, 5.41) is 0. The van der Waals surface area contributed by atoms with E-state index in [1.165, 1.54) is 11.3 Å². The molecule has 2 heteroatoms. The van der Waals surface area contributed by atoms with Crippen molar-refractivity contribution in [2.75, 3.05) is 11.4 Å². The van der Waals surface area contributed by atoms with Crippen molar-refractivity contribution >= 4 is 5.69 Å². The minimum Gasteiger partial charge on any atom is -0.369 e. The van der Waals surface area contributed by atoms with Gasteiger partial charge in [-0.15, -0.1) is 0 Å². The average Bonchev–Trinajstić information content (AvgIpc) is 2.29. The summed E-state index contributed by atoms with van der Waals surface area (Å²) in [5.41, 5.74) is 8.71. The van der Waals surface area contributed by atoms with Crippen molar-refractivity contribution in [2.24, 2.45) is 5.73 Å². The fourth-order valence-electron chi connectivity index (χ4n) is 2.10. The first kappa shape index (κ1) is 13.0. The van der Waals surface area contributed by atoms with Gasteiger partial charge in [0.05, 0.1) is 0 Å². The number of nitrogens with two attached hydrogens (primary N) is 1. The van der Waals surface area contributed by atoms with Gasteiger partial charge in [-0.2, -0.15) is 0 Å². The lowest BCUT2D eigenvalue weighted by Gasteiger charge is -2.31. The third kappa shape index (κ3) is 2.76. The number of nitrogens with zero attached hydrogens (tertiary/aromatic N) is 1. The fraction of sp³-hybridized carbons (Fsp3) is 0.571. The molecule has 0 spiro atoms. The highest BCUT2D eigenvalue weighted by Gasteiger charge is 2.15. The monoisotopic (exact) mass is 220 g/mol. The summed E-state index contributed by atoms with van der Waals surface area (Å²) < 4.78 is 0. The van der Waals surface area contributed by atoms with E-state index in [1.807, 2.05) is 0 Å². The molecular formula is C14H24N2. The standard InChI is InChI=1S/C14H24N2/c1-5-13(15)12-9-7-8-10-14(12)16(6-2)11(3)4/h7-11,13H,5-6,15H2,1-4H3. The zero-order chi connectivity index (χ0) is 12.1. The summed E-state index contributed by atoms with van der Waals surface area (Å²) in [6, 6.07) is 9.14. The van der Waals surface area contributed by atoms with Gasteiger partial charge in [0.2, 0.25) is 0 Å². The molecule has 0 saturated heterocycles. The van der Waals surface area contributed by atoms with Gasteiger partial charge >= 0.3 is 0 Å². The summed E-state index contributed by atoms with van der Waals surface area (Å²) in [4.78, 5) is 2.39. The van der Waals surface area contributed by atoms with Crippen molar-refractivity contribution in [2.45, 2.75) is 46.2 Å². The van der Waals surface area contributed by atoms with Crippen LogP contribution in [0.15, 0.2) is 24.3 Å². The normalized spacial score (nSPS) is 12.9. The number of benzene rings is 1. The van der Waals surface area contributed by atoms with Crippen LogP contribution in [0.3, 0.4) is 0 Å². The SMILES string of the molecule is CCC(N)c1ccccc1N(CC)C(C)C. The van der Waals surface area contributed by atoms with Gasteiger partial charge in [-0.05, 0) is 38.8 Å². The van der Waals surface area contributed by atoms with Gasteiger partial charge in [-0.25, -0.2) is 0 Å². The molecular weight excluding hydrogens is 196 g/mol. The van der Waals surface area contributed by atoms with E-state index in [2.05, 4.69) is 56.9 Å². The van der Waals surface area contributed by atoms with E-state index in [0.717, 1.165) is 13.0 Å². The molecule has 0 aromatic heterocycles. The molecule has 1 unspecified atom stereocenters. The first-order valence-corrected chi connectivity index (χ1v) is 6.22. The van der Waals surface area contributed by atoms with E-state index in [4.69, 9.17) is 5.73 Å². The topological polar surface area (TPSA) is 29.3 Å². The van der Waals surface area contributed by atoms with Gasteiger partial charge < -0.3 is 10.6 Å². The molecule has 1 aromatic carbocycles. The van der Waals surface area contributed by atoms with Crippen LogP contribution in [0.2, 0.25) is 0 Å². The number of rotatable bonds is 5. The Morgan fingerprint density at radius 1 is 1.19 bits per heavy atom. The largest absolute Gasteiger partial charge is 0.369 e. The van der Waals surface area contributed by atoms with E-state index in [9.17, 15) is 0 Å². The first-order chi connectivity index (χ1) is 7.61. The van der Waals surface area contributed by atoms with Crippen molar-refractivity contribution < 1.29 is 0 Å². The molecule has 0 heterocycles. The highest BCUT2D eigenvalue weighted by Crippen LogP contribution is 2.27. The Morgan fingerprint density at radius 2 is 1.81 bits per heavy atom. The van der Waals surface area contributed by atoms with E-state index >= 15 is 0 Å². The molecule has 1 aromatic rings. The van der Waals surface area contributed by atoms with E-state index < -0.39 is 0 Å². The second-order valence-corrected chi connectivity index (χ2v) is 4.45. The van der Waals surface area contributed by atoms with Gasteiger partial charge in [-0.1, -0.05) is 25.1 Å². The van der Waals surface area contributed by atoms with E-state index in [0.29, 0.717) is 6.04 Å². The Morgan fingerprint density at radius 3 is 2.31 bits per heavy atom. The van der Waals surface area contributed by atoms with Crippen LogP contribution in [-0.2, 0) is 0 Å². The Balaban J connectivity index is 3.11. The maximum atomic E-state index is 6.16. The lowest BCUT2D eigenvalue weighted by Crippen LogP contribution is -2.32. The summed E-state index contributed by atoms with van der Waals surface area (Å²) in [6.45, 7) is 9.78. The second-order valence-electron chi connectivity index (χ2n) is 4.45. The van der Waals surface area contributed by atoms with E-state index in [1.54, 1.807) is 0 Å². The first-order valence-electron chi connectivity index (χ1n) is 6.22. The molecule has 1 atom stereocenters. The Hall–Kier alpha value is -1.02. The second kappa shape index (κ2) is 5.90. The molecule has 0 radical (unpaired) electrons. The summed E-state index contributed by atoms with van der Waals surface area (Å²) in [7, 11) is 0. The molecule has 0 fully saturated rings. The van der Waals surface area contributed by atoms with Gasteiger partial charge in [0.15, 0.2) is 0 Å². The van der Waals surface area contributed by atoms with Crippen molar-refractivity contribution in [3.63, 3.8) is 0 Å². The van der Waals surface area contributed by atoms with Crippen molar-refractivity contribution in [3.05, 3.63) is 29.8 Å². The minimum absolute atomic E-state index is 0.143. The zero-order valence-electron chi connectivity index (χ0n) is 10.9. The highest BCUT2D eigenvalue weighted by atomic mass is 15.1. The Labute approximate surface area is 99.5 Å². The van der Waals surface area contributed by atoms with Crippen LogP contribution >= 0.6 is 0 Å². The maximum Gasteiger partial charge on any atom is 0.0416 e. The van der Waals surface area contributed by atoms with Crippen LogP contribution in [0.5, 0.6) is 0 Å². The summed E-state index contributed by atoms with van der Waals surface area (Å²) in [6.07, 6.45) is 0.979. The molecule has 2 N–H and O–H groups in total. The number of hydrogen-bond acceptors (Lipinski definition) is 2. The van der Waals surface area contributed by atoms with Gasteiger partial charge in [0, 0.05) is 24.3 Å². The Bertz CT molecular complexity index is 320. The number of hydrogen-bond donors (Lipinski definition) is 1. The van der Waals surface area contributed by atoms with Crippen LogP contribution in [0, 0.1) is 0 Å². The maximum absolute atomic E-state index is 6.16. The van der Waals surface area contributed by atoms with Crippen LogP contribution in [0.4, 0.5) is 5.69 Å². The van der Waals surface area contributed by atoms with Gasteiger partial charge in [0.1, 0.15) is 0 Å². The predicted molar refractivity (Wildman–Crippen MR) is 71.8 cm³/mol. The van der Waals surface area contributed by atoms with Crippen molar-refractivity contribution in [1.29, 1.82) is 0 Å². The molecule has 1 rings (SSSR count). The van der Waals surface area contributed by atoms with Crippen LogP contribution in [0.1, 0.15) is 45.7 Å². The number of para-hydroxylation sites is 1. The zero-order valence-corrected chi connectivity index (χ0v) is 10.9. The van der Waals surface area contributed by atoms with Crippen molar-refractivity contribution in [3.8, 4) is 0 Å². The van der Waals surface area contributed by atoms with Crippen LogP contribution in [0.25, 0.3) is 0 Å². The van der Waals surface area contributed by atoms with Gasteiger partial charge in [-0.3, -0.25) is 0 Å². The predicted octanol–water partition coefficient (Wildman–Crippen LogP) is 3.33. The molecule has 0 aliphatic rings. The quantitative estimate of drug-likeness (QED) is 0.824. The molecule has 16 heavy (non-hydrogen) atoms. The lowest BCUT2D eigenvalue weighted by atomic mass is 10.0. The van der Waals surface area contributed by atoms with Gasteiger partial charge in [0.25, 0.3) is 0 Å². The van der Waals surface area contributed by atoms with E-state index in [-0.39, 0.29) is 6.04 Å². The molecule has 0 aliphatic carbocycles. The third-order valence-electron chi connectivity index (χ3n) is 3.05. The minimum atomic E-state index is 0.143. The average molecular weight is 220 g/mol.